The molecule has 0 spiro atoms. The monoisotopic (exact) mass is 313 g/mol. The first kappa shape index (κ1) is 15.5. The van der Waals surface area contributed by atoms with E-state index in [1.165, 1.54) is 19.3 Å². The molecule has 1 aliphatic heterocycles. The third-order valence-corrected chi connectivity index (χ3v) is 3.70. The maximum absolute atomic E-state index is 5.83. The maximum Gasteiger partial charge on any atom is 0.247 e. The van der Waals surface area contributed by atoms with Crippen LogP contribution in [0, 0.1) is 0 Å². The number of hydrogen-bond acceptors (Lipinski definition) is 6. The van der Waals surface area contributed by atoms with E-state index in [1.54, 1.807) is 6.20 Å². The molecule has 0 atom stereocenters. The highest BCUT2D eigenvalue weighted by molar-refractivity contribution is 5.64. The van der Waals surface area contributed by atoms with Gasteiger partial charge in [0.1, 0.15) is 5.75 Å². The molecule has 1 saturated heterocycles. The molecule has 23 heavy (non-hydrogen) atoms. The summed E-state index contributed by atoms with van der Waals surface area (Å²) < 4.78 is 5.83. The van der Waals surface area contributed by atoms with Crippen LogP contribution >= 0.6 is 0 Å². The minimum atomic E-state index is 0.116. The average Bonchev–Trinajstić information content (AvgIpc) is 2.57. The summed E-state index contributed by atoms with van der Waals surface area (Å²) in [6.45, 7) is 6.02. The molecular formula is C17H23N5O. The molecule has 122 valence electrons. The molecule has 0 unspecified atom stereocenters. The number of nitrogens with one attached hydrogen (secondary N) is 1. The topological polar surface area (TPSA) is 63.2 Å². The van der Waals surface area contributed by atoms with Gasteiger partial charge in [0, 0.05) is 13.1 Å². The van der Waals surface area contributed by atoms with Crippen LogP contribution in [0.3, 0.4) is 0 Å². The van der Waals surface area contributed by atoms with Gasteiger partial charge in [-0.15, -0.1) is 5.10 Å². The van der Waals surface area contributed by atoms with Crippen molar-refractivity contribution in [3.63, 3.8) is 0 Å². The predicted molar refractivity (Wildman–Crippen MR) is 91.4 cm³/mol. The molecule has 1 aliphatic rings. The van der Waals surface area contributed by atoms with E-state index in [9.17, 15) is 0 Å². The summed E-state index contributed by atoms with van der Waals surface area (Å²) >= 11 is 0. The summed E-state index contributed by atoms with van der Waals surface area (Å²) in [5, 5.41) is 11.6. The van der Waals surface area contributed by atoms with E-state index in [2.05, 4.69) is 25.4 Å². The van der Waals surface area contributed by atoms with Crippen molar-refractivity contribution < 1.29 is 4.74 Å². The molecule has 1 aromatic heterocycles. The highest BCUT2D eigenvalue weighted by atomic mass is 16.5. The first-order chi connectivity index (χ1) is 11.2. The second-order valence-corrected chi connectivity index (χ2v) is 5.98. The van der Waals surface area contributed by atoms with Crippen LogP contribution in [-0.2, 0) is 0 Å². The lowest BCUT2D eigenvalue weighted by atomic mass is 10.1. The number of anilines is 3. The van der Waals surface area contributed by atoms with E-state index in [-0.39, 0.29) is 6.10 Å². The van der Waals surface area contributed by atoms with Crippen molar-refractivity contribution in [1.82, 2.24) is 15.2 Å². The number of benzene rings is 1. The summed E-state index contributed by atoms with van der Waals surface area (Å²) in [6, 6.07) is 7.85. The largest absolute Gasteiger partial charge is 0.489 e. The minimum absolute atomic E-state index is 0.116. The Labute approximate surface area is 136 Å². The standard InChI is InChI=1S/C17H23N5O/c1-13(2)23-15-9-5-4-8-14(15)19-16-12-18-21-17(20-16)22-10-6-3-7-11-22/h4-5,8-9,12-13H,3,6-7,10-11H2,1-2H3,(H,19,20,21). The van der Waals surface area contributed by atoms with E-state index in [0.29, 0.717) is 11.8 Å². The van der Waals surface area contributed by atoms with E-state index in [0.717, 1.165) is 24.5 Å². The highest BCUT2D eigenvalue weighted by Crippen LogP contribution is 2.27. The van der Waals surface area contributed by atoms with Crippen molar-refractivity contribution in [2.75, 3.05) is 23.3 Å². The first-order valence-corrected chi connectivity index (χ1v) is 8.20. The van der Waals surface area contributed by atoms with Gasteiger partial charge in [-0.2, -0.15) is 10.1 Å². The van der Waals surface area contributed by atoms with Crippen LogP contribution in [0.5, 0.6) is 5.75 Å². The van der Waals surface area contributed by atoms with Crippen molar-refractivity contribution in [3.8, 4) is 5.75 Å². The molecule has 0 saturated carbocycles. The van der Waals surface area contributed by atoms with Crippen molar-refractivity contribution in [3.05, 3.63) is 30.5 Å². The van der Waals surface area contributed by atoms with Crippen LogP contribution in [0.4, 0.5) is 17.5 Å². The van der Waals surface area contributed by atoms with Gasteiger partial charge in [-0.25, -0.2) is 0 Å². The number of hydrogen-bond donors (Lipinski definition) is 1. The van der Waals surface area contributed by atoms with Gasteiger partial charge in [0.2, 0.25) is 5.95 Å². The molecule has 0 aliphatic carbocycles. The quantitative estimate of drug-likeness (QED) is 0.913. The number of piperidine rings is 1. The molecule has 2 heterocycles. The average molecular weight is 313 g/mol. The molecule has 2 aromatic rings. The Hall–Kier alpha value is -2.37. The lowest BCUT2D eigenvalue weighted by molar-refractivity contribution is 0.244. The van der Waals surface area contributed by atoms with E-state index in [1.807, 2.05) is 38.1 Å². The van der Waals surface area contributed by atoms with Crippen molar-refractivity contribution >= 4 is 17.5 Å². The summed E-state index contributed by atoms with van der Waals surface area (Å²) in [4.78, 5) is 6.79. The molecule has 0 bridgehead atoms. The highest BCUT2D eigenvalue weighted by Gasteiger charge is 2.15. The van der Waals surface area contributed by atoms with E-state index in [4.69, 9.17) is 4.74 Å². The SMILES string of the molecule is CC(C)Oc1ccccc1Nc1cnnc(N2CCCCC2)n1. The summed E-state index contributed by atoms with van der Waals surface area (Å²) in [5.74, 6) is 2.18. The van der Waals surface area contributed by atoms with Gasteiger partial charge in [0.25, 0.3) is 0 Å². The van der Waals surface area contributed by atoms with Crippen LogP contribution in [0.25, 0.3) is 0 Å². The smallest absolute Gasteiger partial charge is 0.247 e. The zero-order valence-electron chi connectivity index (χ0n) is 13.7. The fourth-order valence-electron chi connectivity index (χ4n) is 2.65. The van der Waals surface area contributed by atoms with Gasteiger partial charge in [-0.1, -0.05) is 12.1 Å². The number of ether oxygens (including phenoxy) is 1. The van der Waals surface area contributed by atoms with Crippen LogP contribution in [0.15, 0.2) is 30.5 Å². The lowest BCUT2D eigenvalue weighted by Crippen LogP contribution is -2.31. The second kappa shape index (κ2) is 7.26. The molecule has 1 fully saturated rings. The third kappa shape index (κ3) is 4.09. The Kier molecular flexibility index (Phi) is 4.90. The molecule has 3 rings (SSSR count). The first-order valence-electron chi connectivity index (χ1n) is 8.20. The van der Waals surface area contributed by atoms with E-state index >= 15 is 0 Å². The van der Waals surface area contributed by atoms with E-state index < -0.39 is 0 Å². The minimum Gasteiger partial charge on any atom is -0.489 e. The molecule has 1 N–H and O–H groups in total. The molecular weight excluding hydrogens is 290 g/mol. The Bertz CT molecular complexity index is 640. The van der Waals surface area contributed by atoms with Crippen LogP contribution < -0.4 is 15.0 Å². The van der Waals surface area contributed by atoms with Crippen LogP contribution in [0.2, 0.25) is 0 Å². The maximum atomic E-state index is 5.83. The van der Waals surface area contributed by atoms with Crippen molar-refractivity contribution in [2.45, 2.75) is 39.2 Å². The van der Waals surface area contributed by atoms with Gasteiger partial charge in [-0.3, -0.25) is 0 Å². The number of aromatic nitrogens is 3. The van der Waals surface area contributed by atoms with Gasteiger partial charge < -0.3 is 15.0 Å². The predicted octanol–water partition coefficient (Wildman–Crippen LogP) is 3.39. The summed E-state index contributed by atoms with van der Waals surface area (Å²) in [5.41, 5.74) is 0.881. The van der Waals surface area contributed by atoms with Gasteiger partial charge >= 0.3 is 0 Å². The number of rotatable bonds is 5. The zero-order chi connectivity index (χ0) is 16.1. The Balaban J connectivity index is 1.78. The Morgan fingerprint density at radius 3 is 2.70 bits per heavy atom. The van der Waals surface area contributed by atoms with Crippen molar-refractivity contribution in [1.29, 1.82) is 0 Å². The molecule has 0 amide bonds. The summed E-state index contributed by atoms with van der Waals surface area (Å²) in [7, 11) is 0. The normalized spacial score (nSPS) is 14.8. The Morgan fingerprint density at radius 2 is 1.91 bits per heavy atom. The Morgan fingerprint density at radius 1 is 1.13 bits per heavy atom. The molecule has 6 heteroatoms. The fourth-order valence-corrected chi connectivity index (χ4v) is 2.65. The molecule has 1 aromatic carbocycles. The fraction of sp³-hybridized carbons (Fsp3) is 0.471. The van der Waals surface area contributed by atoms with Gasteiger partial charge in [-0.05, 0) is 45.2 Å². The molecule has 0 radical (unpaired) electrons. The third-order valence-electron chi connectivity index (χ3n) is 3.70. The van der Waals surface area contributed by atoms with Crippen LogP contribution in [-0.4, -0.2) is 34.4 Å². The van der Waals surface area contributed by atoms with Gasteiger partial charge in [0.05, 0.1) is 18.0 Å². The van der Waals surface area contributed by atoms with Crippen LogP contribution in [0.1, 0.15) is 33.1 Å². The lowest BCUT2D eigenvalue weighted by Gasteiger charge is -2.26. The number of nitrogens with zero attached hydrogens (tertiary/aromatic N) is 4. The number of para-hydroxylation sites is 2. The molecule has 6 nitrogen and oxygen atoms in total. The van der Waals surface area contributed by atoms with Gasteiger partial charge in [0.15, 0.2) is 5.82 Å². The van der Waals surface area contributed by atoms with Crippen molar-refractivity contribution in [2.24, 2.45) is 0 Å². The second-order valence-electron chi connectivity index (χ2n) is 5.98. The zero-order valence-corrected chi connectivity index (χ0v) is 13.7. The summed E-state index contributed by atoms with van der Waals surface area (Å²) in [6.07, 6.45) is 5.41.